The minimum absolute atomic E-state index is 0.0392. The summed E-state index contributed by atoms with van der Waals surface area (Å²) in [5.41, 5.74) is 0.0392. The van der Waals surface area contributed by atoms with E-state index >= 15 is 0 Å². The summed E-state index contributed by atoms with van der Waals surface area (Å²) in [5, 5.41) is 11.1. The van der Waals surface area contributed by atoms with E-state index in [0.717, 1.165) is 12.1 Å². The molecule has 0 aliphatic rings. The number of aliphatic hydroxyl groups is 1. The number of rotatable bonds is 4. The van der Waals surface area contributed by atoms with Crippen molar-refractivity contribution in [2.45, 2.75) is 6.54 Å². The van der Waals surface area contributed by atoms with Gasteiger partial charge in [0.25, 0.3) is 0 Å². The summed E-state index contributed by atoms with van der Waals surface area (Å²) in [5.74, 6) is -3.85. The van der Waals surface area contributed by atoms with Crippen molar-refractivity contribution in [3.8, 4) is 0 Å². The molecule has 1 aromatic rings. The Morgan fingerprint density at radius 1 is 1.14 bits per heavy atom. The van der Waals surface area contributed by atoms with Crippen LogP contribution < -0.4 is 5.32 Å². The van der Waals surface area contributed by atoms with Gasteiger partial charge < -0.3 is 10.4 Å². The van der Waals surface area contributed by atoms with E-state index in [-0.39, 0.29) is 25.3 Å². The van der Waals surface area contributed by atoms with Gasteiger partial charge in [-0.05, 0) is 6.07 Å². The van der Waals surface area contributed by atoms with E-state index in [1.807, 2.05) is 0 Å². The molecule has 0 saturated carbocycles. The third kappa shape index (κ3) is 2.46. The zero-order valence-corrected chi connectivity index (χ0v) is 7.36. The lowest BCUT2D eigenvalue weighted by Gasteiger charge is -2.05. The average molecular weight is 205 g/mol. The Hall–Kier alpha value is -1.07. The molecular weight excluding hydrogens is 195 g/mol. The van der Waals surface area contributed by atoms with E-state index in [9.17, 15) is 13.2 Å². The van der Waals surface area contributed by atoms with Crippen LogP contribution in [0.25, 0.3) is 0 Å². The fraction of sp³-hybridized carbons (Fsp3) is 0.333. The number of halogens is 3. The summed E-state index contributed by atoms with van der Waals surface area (Å²) in [6, 6.07) is 2.03. The molecule has 0 saturated heterocycles. The van der Waals surface area contributed by atoms with Crippen LogP contribution in [0, 0.1) is 17.5 Å². The van der Waals surface area contributed by atoms with Crippen LogP contribution in [-0.2, 0) is 6.54 Å². The molecule has 1 aromatic carbocycles. The fourth-order valence-corrected chi connectivity index (χ4v) is 1.00. The van der Waals surface area contributed by atoms with Crippen molar-refractivity contribution in [2.24, 2.45) is 0 Å². The largest absolute Gasteiger partial charge is 0.395 e. The number of benzene rings is 1. The van der Waals surface area contributed by atoms with Crippen LogP contribution in [-0.4, -0.2) is 18.3 Å². The third-order valence-corrected chi connectivity index (χ3v) is 1.72. The van der Waals surface area contributed by atoms with Gasteiger partial charge in [-0.2, -0.15) is 0 Å². The van der Waals surface area contributed by atoms with E-state index < -0.39 is 17.5 Å². The maximum Gasteiger partial charge on any atom is 0.194 e. The van der Waals surface area contributed by atoms with Crippen LogP contribution in [0.4, 0.5) is 13.2 Å². The quantitative estimate of drug-likeness (QED) is 0.571. The van der Waals surface area contributed by atoms with Gasteiger partial charge in [0.2, 0.25) is 0 Å². The van der Waals surface area contributed by atoms with Gasteiger partial charge in [0.1, 0.15) is 0 Å². The standard InChI is InChI=1S/C9H10F3NO/c10-7-2-1-6(5-13-3-4-14)8(11)9(7)12/h1-2,13-14H,3-5H2. The van der Waals surface area contributed by atoms with Crippen molar-refractivity contribution in [1.29, 1.82) is 0 Å². The number of hydrogen-bond donors (Lipinski definition) is 2. The molecule has 0 spiro atoms. The Morgan fingerprint density at radius 3 is 2.50 bits per heavy atom. The number of aliphatic hydroxyl groups excluding tert-OH is 1. The topological polar surface area (TPSA) is 32.3 Å². The lowest BCUT2D eigenvalue weighted by atomic mass is 10.2. The molecule has 0 fully saturated rings. The van der Waals surface area contributed by atoms with Crippen molar-refractivity contribution in [2.75, 3.05) is 13.2 Å². The Balaban J connectivity index is 2.73. The van der Waals surface area contributed by atoms with E-state index in [2.05, 4.69) is 5.32 Å². The van der Waals surface area contributed by atoms with Gasteiger partial charge in [0.15, 0.2) is 17.5 Å². The molecule has 0 bridgehead atoms. The number of nitrogens with one attached hydrogen (secondary N) is 1. The Kier molecular flexibility index (Phi) is 3.91. The summed E-state index contributed by atoms with van der Waals surface area (Å²) in [6.45, 7) is 0.243. The molecule has 0 aliphatic heterocycles. The fourth-order valence-electron chi connectivity index (χ4n) is 1.00. The predicted molar refractivity (Wildman–Crippen MR) is 45.1 cm³/mol. The Morgan fingerprint density at radius 2 is 1.86 bits per heavy atom. The minimum atomic E-state index is -1.46. The minimum Gasteiger partial charge on any atom is -0.395 e. The van der Waals surface area contributed by atoms with Crippen LogP contribution >= 0.6 is 0 Å². The summed E-state index contributed by atoms with van der Waals surface area (Å²) in [7, 11) is 0. The van der Waals surface area contributed by atoms with Crippen LogP contribution in [0.2, 0.25) is 0 Å². The lowest BCUT2D eigenvalue weighted by Crippen LogP contribution is -2.18. The second-order valence-electron chi connectivity index (χ2n) is 2.73. The summed E-state index contributed by atoms with van der Waals surface area (Å²) in [6.07, 6.45) is 0. The van der Waals surface area contributed by atoms with Crippen molar-refractivity contribution >= 4 is 0 Å². The molecule has 14 heavy (non-hydrogen) atoms. The van der Waals surface area contributed by atoms with Crippen LogP contribution in [0.15, 0.2) is 12.1 Å². The smallest absolute Gasteiger partial charge is 0.194 e. The zero-order valence-electron chi connectivity index (χ0n) is 7.36. The predicted octanol–water partition coefficient (Wildman–Crippen LogP) is 1.19. The van der Waals surface area contributed by atoms with E-state index in [4.69, 9.17) is 5.11 Å². The first-order valence-corrected chi connectivity index (χ1v) is 4.10. The first kappa shape index (κ1) is 11.0. The van der Waals surface area contributed by atoms with Gasteiger partial charge >= 0.3 is 0 Å². The molecule has 2 nitrogen and oxygen atoms in total. The second-order valence-corrected chi connectivity index (χ2v) is 2.73. The average Bonchev–Trinajstić information content (AvgIpc) is 2.18. The van der Waals surface area contributed by atoms with Crippen molar-refractivity contribution in [3.05, 3.63) is 35.1 Å². The van der Waals surface area contributed by atoms with E-state index in [1.54, 1.807) is 0 Å². The molecule has 0 atom stereocenters. The normalized spacial score (nSPS) is 10.6. The van der Waals surface area contributed by atoms with Gasteiger partial charge in [-0.25, -0.2) is 13.2 Å². The Bertz CT molecular complexity index is 317. The first-order valence-electron chi connectivity index (χ1n) is 4.10. The zero-order chi connectivity index (χ0) is 10.6. The summed E-state index contributed by atoms with van der Waals surface area (Å²) < 4.78 is 38.1. The second kappa shape index (κ2) is 4.97. The molecule has 2 N–H and O–H groups in total. The van der Waals surface area contributed by atoms with Crippen LogP contribution in [0.1, 0.15) is 5.56 Å². The third-order valence-electron chi connectivity index (χ3n) is 1.72. The molecule has 0 radical (unpaired) electrons. The molecular formula is C9H10F3NO. The molecule has 0 amide bonds. The van der Waals surface area contributed by atoms with Crippen molar-refractivity contribution < 1.29 is 18.3 Å². The lowest BCUT2D eigenvalue weighted by molar-refractivity contribution is 0.291. The maximum atomic E-state index is 13.0. The Labute approximate surface area is 79.4 Å². The summed E-state index contributed by atoms with van der Waals surface area (Å²) >= 11 is 0. The van der Waals surface area contributed by atoms with Gasteiger partial charge in [-0.3, -0.25) is 0 Å². The number of hydrogen-bond acceptors (Lipinski definition) is 2. The molecule has 1 rings (SSSR count). The van der Waals surface area contributed by atoms with Crippen LogP contribution in [0.3, 0.4) is 0 Å². The molecule has 0 aliphatic carbocycles. The van der Waals surface area contributed by atoms with Crippen LogP contribution in [0.5, 0.6) is 0 Å². The highest BCUT2D eigenvalue weighted by Crippen LogP contribution is 2.14. The van der Waals surface area contributed by atoms with Gasteiger partial charge in [0.05, 0.1) is 6.61 Å². The van der Waals surface area contributed by atoms with Crippen molar-refractivity contribution in [3.63, 3.8) is 0 Å². The first-order chi connectivity index (χ1) is 6.66. The SMILES string of the molecule is OCCNCc1ccc(F)c(F)c1F. The molecule has 5 heteroatoms. The maximum absolute atomic E-state index is 13.0. The molecule has 0 aromatic heterocycles. The van der Waals surface area contributed by atoms with E-state index in [0.29, 0.717) is 0 Å². The van der Waals surface area contributed by atoms with E-state index in [1.165, 1.54) is 0 Å². The van der Waals surface area contributed by atoms with Gasteiger partial charge in [-0.1, -0.05) is 6.07 Å². The molecule has 0 heterocycles. The van der Waals surface area contributed by atoms with Gasteiger partial charge in [0, 0.05) is 18.7 Å². The molecule has 78 valence electrons. The monoisotopic (exact) mass is 205 g/mol. The highest BCUT2D eigenvalue weighted by atomic mass is 19.2. The molecule has 0 unspecified atom stereocenters. The highest BCUT2D eigenvalue weighted by Gasteiger charge is 2.12. The highest BCUT2D eigenvalue weighted by molar-refractivity contribution is 5.20. The van der Waals surface area contributed by atoms with Crippen molar-refractivity contribution in [1.82, 2.24) is 5.32 Å². The summed E-state index contributed by atoms with van der Waals surface area (Å²) in [4.78, 5) is 0. The van der Waals surface area contributed by atoms with Gasteiger partial charge in [-0.15, -0.1) is 0 Å².